The van der Waals surface area contributed by atoms with Crippen LogP contribution in [0.15, 0.2) is 123 Å². The first-order chi connectivity index (χ1) is 45.7. The second-order valence-electron chi connectivity index (χ2n) is 19.0. The maximum atomic E-state index is 11.0. The number of allylic oxidation sites excluding steroid dienone is 1. The molecule has 0 aromatic carbocycles. The third-order valence-electron chi connectivity index (χ3n) is 8.63. The summed E-state index contributed by atoms with van der Waals surface area (Å²) in [4.78, 5) is 99.9. The van der Waals surface area contributed by atoms with E-state index in [4.69, 9.17) is 100 Å². The molecule has 0 amide bonds. The summed E-state index contributed by atoms with van der Waals surface area (Å²) in [5.74, 6) is -3.23. The van der Waals surface area contributed by atoms with Gasteiger partial charge in [-0.15, -0.1) is 44.3 Å². The lowest BCUT2D eigenvalue weighted by Crippen LogP contribution is -2.32. The number of hydrogen-bond donors (Lipinski definition) is 1. The molecule has 0 saturated heterocycles. The SMILES string of the molecule is C.C.C.C.C.C=C(C)C(=O)O/C=C(\C[SiH2]C)OO.C=C(C)C(=O)OCCOC[SiH2]C.C=C(C)C(=O)OC[SiH2]C.C=C(C)C(=O)OC[SiH](Cl)OC.C=C(C)C(=O)OC[SiH](OC)OC(C)C.C=C(C)C(=O)OC[SiH](OC)OCC.C=CC(=O)OC[SiH2]C.C=CC(=O)OC[SiH2]C.C=CC(=O)OC[Si](Cl)(Cl)Cl. The molecule has 608 valence electrons. The van der Waals surface area contributed by atoms with Crippen LogP contribution in [0.1, 0.15) is 99.4 Å². The van der Waals surface area contributed by atoms with Crippen molar-refractivity contribution < 1.29 is 123 Å². The Morgan fingerprint density at radius 1 is 0.476 bits per heavy atom. The van der Waals surface area contributed by atoms with Gasteiger partial charge in [0.2, 0.25) is 0 Å². The van der Waals surface area contributed by atoms with Crippen molar-refractivity contribution in [1.29, 1.82) is 0 Å². The van der Waals surface area contributed by atoms with E-state index in [0.29, 0.717) is 78.0 Å². The Labute approximate surface area is 655 Å². The minimum absolute atomic E-state index is 0. The molecule has 0 fully saturated rings. The minimum atomic E-state index is -2.81. The molecule has 0 spiro atoms. The summed E-state index contributed by atoms with van der Waals surface area (Å²) in [6.45, 7) is 57.6. The molecule has 0 rings (SSSR count). The first kappa shape index (κ1) is 131. The van der Waals surface area contributed by atoms with E-state index in [2.05, 4.69) is 109 Å². The van der Waals surface area contributed by atoms with E-state index < -0.39 is 62.8 Å². The highest BCUT2D eigenvalue weighted by molar-refractivity contribution is 7.64. The fraction of sp³-hybridized carbons (Fsp3) is 0.547. The molecule has 0 radical (unpaired) electrons. The van der Waals surface area contributed by atoms with Gasteiger partial charge in [-0.25, -0.2) is 48.4 Å². The highest BCUT2D eigenvalue weighted by atomic mass is 35.8. The van der Waals surface area contributed by atoms with Crippen molar-refractivity contribution in [2.45, 2.75) is 144 Å². The van der Waals surface area contributed by atoms with Crippen LogP contribution in [0.25, 0.3) is 0 Å². The Hall–Kier alpha value is -4.74. The highest BCUT2D eigenvalue weighted by Gasteiger charge is 2.27. The zero-order valence-corrected chi connectivity index (χ0v) is 75.2. The maximum absolute atomic E-state index is 11.0. The van der Waals surface area contributed by atoms with Crippen LogP contribution in [0.5, 0.6) is 0 Å². The van der Waals surface area contributed by atoms with Crippen molar-refractivity contribution in [3.05, 3.63) is 123 Å². The molecule has 0 saturated carbocycles. The summed E-state index contributed by atoms with van der Waals surface area (Å²) < 4.78 is 73.3. The predicted molar refractivity (Wildman–Crippen MR) is 446 cm³/mol. The van der Waals surface area contributed by atoms with Crippen molar-refractivity contribution in [1.82, 2.24) is 0 Å². The summed E-state index contributed by atoms with van der Waals surface area (Å²) in [5, 5.41) is 8.35. The van der Waals surface area contributed by atoms with E-state index in [9.17, 15) is 43.2 Å². The van der Waals surface area contributed by atoms with Crippen molar-refractivity contribution >= 4 is 179 Å². The van der Waals surface area contributed by atoms with Gasteiger partial charge in [0.25, 0.3) is 0 Å². The first-order valence-electron chi connectivity index (χ1n) is 30.2. The van der Waals surface area contributed by atoms with Gasteiger partial charge >= 0.3 is 86.6 Å². The Kier molecular flexibility index (Phi) is 119. The third kappa shape index (κ3) is 113. The van der Waals surface area contributed by atoms with Crippen LogP contribution in [-0.4, -0.2) is 237 Å². The molecule has 1 N–H and O–H groups in total. The number of carbonyl (C=O) groups is 9. The third-order valence-corrected chi connectivity index (χ3v) is 18.9. The van der Waals surface area contributed by atoms with E-state index in [1.807, 2.05) is 27.3 Å². The largest absolute Gasteiger partial charge is 0.467 e. The second kappa shape index (κ2) is 93.3. The van der Waals surface area contributed by atoms with E-state index >= 15 is 0 Å². The van der Waals surface area contributed by atoms with Crippen LogP contribution >= 0.6 is 44.3 Å². The first-order valence-corrected chi connectivity index (χ1v) is 54.1. The molecule has 39 heteroatoms. The molecule has 0 bridgehead atoms. The van der Waals surface area contributed by atoms with Gasteiger partial charge in [-0.3, -0.25) is 0 Å². The summed E-state index contributed by atoms with van der Waals surface area (Å²) in [5.41, 5.74) is 2.37. The summed E-state index contributed by atoms with van der Waals surface area (Å²) in [6, 6.07) is -2.16. The Balaban J connectivity index is -0.0000000721. The summed E-state index contributed by atoms with van der Waals surface area (Å²) in [7, 11) is -1.53. The van der Waals surface area contributed by atoms with Gasteiger partial charge in [-0.2, -0.15) is 0 Å². The molecule has 3 atom stereocenters. The molecule has 0 aromatic heterocycles. The zero-order valence-electron chi connectivity index (χ0n) is 60.7. The van der Waals surface area contributed by atoms with Crippen LogP contribution in [0.2, 0.25) is 38.8 Å². The number of rotatable bonds is 39. The minimum Gasteiger partial charge on any atom is -0.467 e. The van der Waals surface area contributed by atoms with Gasteiger partial charge in [0.15, 0.2) is 5.76 Å². The molecule has 26 nitrogen and oxygen atoms in total. The van der Waals surface area contributed by atoms with Crippen LogP contribution in [0.4, 0.5) is 0 Å². The number of esters is 9. The van der Waals surface area contributed by atoms with Crippen molar-refractivity contribution in [3.63, 3.8) is 0 Å². The Bertz CT molecular complexity index is 2350. The summed E-state index contributed by atoms with van der Waals surface area (Å²) >= 11 is 21.8. The number of halogens is 4. The van der Waals surface area contributed by atoms with E-state index in [-0.39, 0.29) is 145 Å². The van der Waals surface area contributed by atoms with Gasteiger partial charge < -0.3 is 74.4 Å². The van der Waals surface area contributed by atoms with Gasteiger partial charge in [0.1, 0.15) is 37.8 Å². The molecule has 3 unspecified atom stereocenters. The van der Waals surface area contributed by atoms with Crippen molar-refractivity contribution in [3.8, 4) is 0 Å². The van der Waals surface area contributed by atoms with Crippen LogP contribution in [0, 0.1) is 0 Å². The number of hydrogen-bond acceptors (Lipinski definition) is 26. The van der Waals surface area contributed by atoms with Crippen LogP contribution < -0.4 is 0 Å². The molecule has 0 aliphatic carbocycles. The number of ether oxygens (including phenoxy) is 10. The molecule has 0 aliphatic rings. The second-order valence-corrected chi connectivity index (χ2v) is 42.2. The molecule has 0 aliphatic heterocycles. The zero-order chi connectivity index (χ0) is 78.2. The topological polar surface area (TPSA) is 322 Å². The highest BCUT2D eigenvalue weighted by Crippen LogP contribution is 2.19. The van der Waals surface area contributed by atoms with E-state index in [1.54, 1.807) is 55.8 Å². The predicted octanol–water partition coefficient (Wildman–Crippen LogP) is 8.76. The molecule has 0 aromatic rings. The summed E-state index contributed by atoms with van der Waals surface area (Å²) in [6.07, 6.45) is 7.86. The fourth-order valence-corrected chi connectivity index (χ4v) is 9.96. The normalized spacial score (nSPS) is 10.7. The van der Waals surface area contributed by atoms with Gasteiger partial charge in [-0.1, -0.05) is 129 Å². The lowest BCUT2D eigenvalue weighted by molar-refractivity contribution is -0.204. The average molecular weight is 1710 g/mol. The van der Waals surface area contributed by atoms with Crippen molar-refractivity contribution in [2.24, 2.45) is 0 Å². The lowest BCUT2D eigenvalue weighted by atomic mass is 10.4. The molecular weight excluding hydrogens is 1580 g/mol. The molecule has 103 heavy (non-hydrogen) atoms. The van der Waals surface area contributed by atoms with Crippen LogP contribution in [0.3, 0.4) is 0 Å². The average Bonchev–Trinajstić information content (AvgIpc) is 1.01. The quantitative estimate of drug-likeness (QED) is 0.00691. The standard InChI is InChI=1S/C9H18O4Si.C8H14O4Si.C8H16O4Si.C8H16O3Si.C6H11ClO3Si.C6H12O2Si.2C5H10O2Si.C4H5Cl3O2Si.5CH4/c1-7(2)9(10)12-6-14(11-5)13-8(3)4;1-6(2)8(9)11-4-7(12-10)5-13-3;1-5-12-13(10-4)6-11-8(9)7(2)3;1-7(2)8(9)11-5-4-10-6-12-3;1-5(2)6(8)10-4-11(7)9-3;1-5(2)6(7)8-4-9-3;2*1-3-5(6)7-4-8-2;1-2-4(8)9-3-10(5,6)7;;;;;/h8,14H,1,6H2,2-5H3;4,10H,1,5,13H2,2-3H3;13H,2,5-6H2,1,3-4H3;1,4-6,12H2,2-3H3;11H,1,4H2,2-3H3;1,4,9H2,2-3H3;2*3H,1,4,8H2,2H3;2H,1,3H2;5*1H4/b;7-4+;;;;;;;;;;;;. The van der Waals surface area contributed by atoms with Crippen molar-refractivity contribution in [2.75, 3.05) is 91.0 Å². The van der Waals surface area contributed by atoms with Gasteiger partial charge in [0.05, 0.1) is 53.9 Å². The Morgan fingerprint density at radius 3 is 1.12 bits per heavy atom. The number of carbonyl (C=O) groups excluding carboxylic acids is 9. The van der Waals surface area contributed by atoms with E-state index in [1.165, 1.54) is 19.3 Å². The maximum Gasteiger partial charge on any atom is 0.378 e. The monoisotopic (exact) mass is 1710 g/mol. The fourth-order valence-electron chi connectivity index (χ4n) is 3.91. The van der Waals surface area contributed by atoms with Crippen LogP contribution in [-0.2, 0) is 118 Å². The lowest BCUT2D eigenvalue weighted by Gasteiger charge is -2.16. The van der Waals surface area contributed by atoms with Gasteiger partial charge in [-0.05, 0) is 62.3 Å². The molecular formula is C64H132Cl4O26Si9. The molecule has 0 heterocycles. The van der Waals surface area contributed by atoms with Gasteiger partial charge in [0, 0.05) is 117 Å². The van der Waals surface area contributed by atoms with E-state index in [0.717, 1.165) is 18.6 Å². The Morgan fingerprint density at radius 2 is 0.816 bits per heavy atom. The smallest absolute Gasteiger partial charge is 0.378 e.